The Morgan fingerprint density at radius 1 is 1.33 bits per heavy atom. The molecule has 2 aromatic rings. The predicted octanol–water partition coefficient (Wildman–Crippen LogP) is 2.42. The third kappa shape index (κ3) is 3.59. The second-order valence-corrected chi connectivity index (χ2v) is 4.27. The number of nitrogens with one attached hydrogen (secondary N) is 2. The number of ether oxygens (including phenoxy) is 1. The lowest BCUT2D eigenvalue weighted by Crippen LogP contribution is -2.16. The lowest BCUT2D eigenvalue weighted by Gasteiger charge is -2.06. The zero-order chi connectivity index (χ0) is 15.2. The van der Waals surface area contributed by atoms with E-state index < -0.39 is 12.1 Å². The van der Waals surface area contributed by atoms with Crippen LogP contribution in [0.3, 0.4) is 0 Å². The number of rotatable bonds is 5. The van der Waals surface area contributed by atoms with Crippen molar-refractivity contribution in [3.05, 3.63) is 47.2 Å². The molecule has 1 aromatic carbocycles. The van der Waals surface area contributed by atoms with Crippen LogP contribution in [0.25, 0.3) is 0 Å². The molecule has 1 heterocycles. The van der Waals surface area contributed by atoms with Gasteiger partial charge in [-0.05, 0) is 12.0 Å². The van der Waals surface area contributed by atoms with Crippen LogP contribution in [0.15, 0.2) is 30.3 Å². The lowest BCUT2D eigenvalue weighted by atomic mass is 10.2. The molecule has 0 radical (unpaired) electrons. The first-order chi connectivity index (χ1) is 10.1. The van der Waals surface area contributed by atoms with Crippen molar-refractivity contribution in [2.45, 2.75) is 20.0 Å². The number of benzene rings is 1. The molecule has 0 bridgehead atoms. The summed E-state index contributed by atoms with van der Waals surface area (Å²) in [6, 6.07) is 9.17. The van der Waals surface area contributed by atoms with Crippen molar-refractivity contribution in [2.75, 3.05) is 5.32 Å². The molecule has 7 heteroatoms. The van der Waals surface area contributed by atoms with E-state index >= 15 is 0 Å². The van der Waals surface area contributed by atoms with Crippen LogP contribution in [-0.4, -0.2) is 27.4 Å². The first kappa shape index (κ1) is 14.6. The molecule has 2 rings (SSSR count). The van der Waals surface area contributed by atoms with E-state index in [0.29, 0.717) is 12.1 Å². The van der Waals surface area contributed by atoms with E-state index in [1.54, 1.807) is 6.92 Å². The van der Waals surface area contributed by atoms with Gasteiger partial charge in [-0.2, -0.15) is 5.10 Å². The van der Waals surface area contributed by atoms with Crippen molar-refractivity contribution in [3.63, 3.8) is 0 Å². The highest BCUT2D eigenvalue weighted by Crippen LogP contribution is 2.17. The molecule has 0 atom stereocenters. The lowest BCUT2D eigenvalue weighted by molar-refractivity contribution is 0.0697. The Kier molecular flexibility index (Phi) is 4.55. The summed E-state index contributed by atoms with van der Waals surface area (Å²) in [5.41, 5.74) is 1.23. The van der Waals surface area contributed by atoms with Crippen LogP contribution >= 0.6 is 0 Å². The fraction of sp³-hybridized carbons (Fsp3) is 0.214. The topological polar surface area (TPSA) is 104 Å². The molecule has 0 fully saturated rings. The highest BCUT2D eigenvalue weighted by atomic mass is 16.5. The Morgan fingerprint density at radius 2 is 2.05 bits per heavy atom. The molecule has 0 aliphatic carbocycles. The molecule has 3 N–H and O–H groups in total. The van der Waals surface area contributed by atoms with E-state index in [1.807, 2.05) is 30.3 Å². The largest absolute Gasteiger partial charge is 0.477 e. The maximum atomic E-state index is 11.7. The number of aromatic amines is 1. The minimum Gasteiger partial charge on any atom is -0.477 e. The summed E-state index contributed by atoms with van der Waals surface area (Å²) in [6.07, 6.45) is -0.287. The van der Waals surface area contributed by atoms with Gasteiger partial charge in [0.05, 0.1) is 5.69 Å². The number of aryl methyl sites for hydroxylation is 1. The maximum absolute atomic E-state index is 11.7. The van der Waals surface area contributed by atoms with E-state index in [0.717, 1.165) is 5.56 Å². The number of carbonyl (C=O) groups excluding carboxylic acids is 1. The van der Waals surface area contributed by atoms with Crippen molar-refractivity contribution in [3.8, 4) is 0 Å². The molecule has 0 unspecified atom stereocenters. The number of carboxylic acids is 1. The number of anilines is 1. The number of amides is 1. The van der Waals surface area contributed by atoms with E-state index in [1.165, 1.54) is 0 Å². The third-order valence-electron chi connectivity index (χ3n) is 2.84. The molecular formula is C14H15N3O4. The minimum absolute atomic E-state index is 0.0441. The Labute approximate surface area is 120 Å². The van der Waals surface area contributed by atoms with Gasteiger partial charge >= 0.3 is 12.1 Å². The smallest absolute Gasteiger partial charge is 0.413 e. The van der Waals surface area contributed by atoms with Crippen LogP contribution in [0.2, 0.25) is 0 Å². The van der Waals surface area contributed by atoms with Gasteiger partial charge in [-0.15, -0.1) is 0 Å². The number of hydrogen-bond acceptors (Lipinski definition) is 4. The molecular weight excluding hydrogens is 274 g/mol. The summed E-state index contributed by atoms with van der Waals surface area (Å²) in [5, 5.41) is 17.8. The molecule has 0 saturated carbocycles. The molecule has 7 nitrogen and oxygen atoms in total. The monoisotopic (exact) mass is 289 g/mol. The van der Waals surface area contributed by atoms with E-state index in [4.69, 9.17) is 9.84 Å². The quantitative estimate of drug-likeness (QED) is 0.784. The van der Waals surface area contributed by atoms with Gasteiger partial charge in [0.1, 0.15) is 12.2 Å². The second-order valence-electron chi connectivity index (χ2n) is 4.27. The van der Waals surface area contributed by atoms with Crippen molar-refractivity contribution >= 4 is 17.9 Å². The fourth-order valence-electron chi connectivity index (χ4n) is 1.81. The molecule has 21 heavy (non-hydrogen) atoms. The number of H-pyrrole nitrogens is 1. The fourth-order valence-corrected chi connectivity index (χ4v) is 1.81. The summed E-state index contributed by atoms with van der Waals surface area (Å²) < 4.78 is 5.01. The van der Waals surface area contributed by atoms with Crippen molar-refractivity contribution < 1.29 is 19.4 Å². The predicted molar refractivity (Wildman–Crippen MR) is 75.2 cm³/mol. The average molecular weight is 289 g/mol. The minimum atomic E-state index is -1.15. The summed E-state index contributed by atoms with van der Waals surface area (Å²) >= 11 is 0. The Morgan fingerprint density at radius 3 is 2.67 bits per heavy atom. The average Bonchev–Trinajstić information content (AvgIpc) is 2.89. The van der Waals surface area contributed by atoms with Crippen molar-refractivity contribution in [1.29, 1.82) is 0 Å². The zero-order valence-electron chi connectivity index (χ0n) is 11.4. The molecule has 0 spiro atoms. The van der Waals surface area contributed by atoms with Gasteiger partial charge in [0.25, 0.3) is 0 Å². The number of carboxylic acid groups (broad SMARTS) is 1. The highest BCUT2D eigenvalue weighted by molar-refractivity contribution is 5.98. The normalized spacial score (nSPS) is 10.1. The van der Waals surface area contributed by atoms with Crippen LogP contribution in [0.5, 0.6) is 0 Å². The summed E-state index contributed by atoms with van der Waals surface area (Å²) in [6.45, 7) is 1.89. The third-order valence-corrected chi connectivity index (χ3v) is 2.84. The summed E-state index contributed by atoms with van der Waals surface area (Å²) in [5.74, 6) is -1.20. The Hall–Kier alpha value is -2.83. The van der Waals surface area contributed by atoms with E-state index in [-0.39, 0.29) is 18.0 Å². The zero-order valence-corrected chi connectivity index (χ0v) is 11.4. The van der Waals surface area contributed by atoms with Crippen molar-refractivity contribution in [1.82, 2.24) is 10.2 Å². The van der Waals surface area contributed by atoms with E-state index in [2.05, 4.69) is 15.5 Å². The molecule has 1 amide bonds. The van der Waals surface area contributed by atoms with Crippen molar-refractivity contribution in [2.24, 2.45) is 0 Å². The molecule has 0 aliphatic heterocycles. The van der Waals surface area contributed by atoms with Crippen LogP contribution in [0, 0.1) is 0 Å². The summed E-state index contributed by atoms with van der Waals surface area (Å²) in [4.78, 5) is 22.8. The molecule has 0 aliphatic rings. The SMILES string of the molecule is CCc1[nH]nc(NC(=O)OCc2ccccc2)c1C(=O)O. The van der Waals surface area contributed by atoms with Crippen LogP contribution in [0.1, 0.15) is 28.5 Å². The van der Waals surface area contributed by atoms with Crippen LogP contribution < -0.4 is 5.32 Å². The van der Waals surface area contributed by atoms with Gasteiger partial charge < -0.3 is 9.84 Å². The van der Waals surface area contributed by atoms with Gasteiger partial charge in [0.2, 0.25) is 0 Å². The van der Waals surface area contributed by atoms with Gasteiger partial charge in [-0.25, -0.2) is 9.59 Å². The number of hydrogen-bond donors (Lipinski definition) is 3. The highest BCUT2D eigenvalue weighted by Gasteiger charge is 2.20. The van der Waals surface area contributed by atoms with Crippen LogP contribution in [-0.2, 0) is 17.8 Å². The first-order valence-electron chi connectivity index (χ1n) is 6.40. The number of nitrogens with zero attached hydrogens (tertiary/aromatic N) is 1. The van der Waals surface area contributed by atoms with Gasteiger partial charge in [-0.1, -0.05) is 37.3 Å². The number of carbonyl (C=O) groups is 2. The van der Waals surface area contributed by atoms with Gasteiger partial charge in [0.15, 0.2) is 5.82 Å². The molecule has 0 saturated heterocycles. The second kappa shape index (κ2) is 6.56. The molecule has 1 aromatic heterocycles. The number of aromatic nitrogens is 2. The standard InChI is InChI=1S/C14H15N3O4/c1-2-10-11(13(18)19)12(17-16-10)15-14(20)21-8-9-6-4-3-5-7-9/h3-7H,2,8H2,1H3,(H,18,19)(H2,15,16,17,20). The Bertz CT molecular complexity index is 637. The molecule has 110 valence electrons. The maximum Gasteiger partial charge on any atom is 0.413 e. The van der Waals surface area contributed by atoms with E-state index in [9.17, 15) is 9.59 Å². The number of aromatic carboxylic acids is 1. The summed E-state index contributed by atoms with van der Waals surface area (Å²) in [7, 11) is 0. The Balaban J connectivity index is 2.00. The van der Waals surface area contributed by atoms with Crippen LogP contribution in [0.4, 0.5) is 10.6 Å². The first-order valence-corrected chi connectivity index (χ1v) is 6.40. The van der Waals surface area contributed by atoms with Gasteiger partial charge in [-0.3, -0.25) is 10.4 Å². The van der Waals surface area contributed by atoms with Gasteiger partial charge in [0, 0.05) is 0 Å².